The highest BCUT2D eigenvalue weighted by Crippen LogP contribution is 2.29. The first-order valence-corrected chi connectivity index (χ1v) is 6.64. The summed E-state index contributed by atoms with van der Waals surface area (Å²) in [5, 5.41) is 5.81. The molecule has 2 rings (SSSR count). The zero-order chi connectivity index (χ0) is 12.1. The van der Waals surface area contributed by atoms with Crippen LogP contribution in [0.4, 0.5) is 0 Å². The molecule has 1 N–H and O–H groups in total. The lowest BCUT2D eigenvalue weighted by molar-refractivity contribution is 0.306. The Kier molecular flexibility index (Phi) is 4.42. The number of hydrogen-bond donors (Lipinski definition) is 1. The summed E-state index contributed by atoms with van der Waals surface area (Å²) in [7, 11) is 1.91. The second-order valence-electron chi connectivity index (χ2n) is 3.63. The SMILES string of the molecule is CNCc1cccc(Cl)c1OCc1cccs1. The highest BCUT2D eigenvalue weighted by Gasteiger charge is 2.08. The summed E-state index contributed by atoms with van der Waals surface area (Å²) in [5.74, 6) is 0.775. The van der Waals surface area contributed by atoms with Crippen molar-refractivity contribution >= 4 is 22.9 Å². The van der Waals surface area contributed by atoms with Crippen LogP contribution >= 0.6 is 22.9 Å². The van der Waals surface area contributed by atoms with E-state index in [1.165, 1.54) is 4.88 Å². The molecular weight excluding hydrogens is 254 g/mol. The van der Waals surface area contributed by atoms with Gasteiger partial charge >= 0.3 is 0 Å². The van der Waals surface area contributed by atoms with Crippen molar-refractivity contribution in [2.75, 3.05) is 7.05 Å². The molecule has 0 fully saturated rings. The monoisotopic (exact) mass is 267 g/mol. The molecule has 0 radical (unpaired) electrons. The third kappa shape index (κ3) is 3.22. The van der Waals surface area contributed by atoms with Crippen molar-refractivity contribution in [1.29, 1.82) is 0 Å². The molecule has 17 heavy (non-hydrogen) atoms. The van der Waals surface area contributed by atoms with Gasteiger partial charge < -0.3 is 10.1 Å². The van der Waals surface area contributed by atoms with Crippen LogP contribution in [0, 0.1) is 0 Å². The molecule has 0 saturated heterocycles. The van der Waals surface area contributed by atoms with Crippen molar-refractivity contribution in [1.82, 2.24) is 5.32 Å². The predicted molar refractivity (Wildman–Crippen MR) is 72.9 cm³/mol. The molecule has 1 heterocycles. The van der Waals surface area contributed by atoms with Crippen molar-refractivity contribution in [3.8, 4) is 5.75 Å². The van der Waals surface area contributed by atoms with Gasteiger partial charge in [0.1, 0.15) is 12.4 Å². The molecule has 1 aromatic carbocycles. The van der Waals surface area contributed by atoms with Gasteiger partial charge in [0.15, 0.2) is 0 Å². The topological polar surface area (TPSA) is 21.3 Å². The van der Waals surface area contributed by atoms with Crippen molar-refractivity contribution in [2.24, 2.45) is 0 Å². The first-order valence-electron chi connectivity index (χ1n) is 5.38. The number of halogens is 1. The average molecular weight is 268 g/mol. The average Bonchev–Trinajstić information content (AvgIpc) is 2.82. The van der Waals surface area contributed by atoms with Crippen LogP contribution in [0.3, 0.4) is 0 Å². The fraction of sp³-hybridized carbons (Fsp3) is 0.231. The zero-order valence-corrected chi connectivity index (χ0v) is 11.1. The van der Waals surface area contributed by atoms with Gasteiger partial charge in [-0.3, -0.25) is 0 Å². The summed E-state index contributed by atoms with van der Waals surface area (Å²) in [5.41, 5.74) is 1.08. The van der Waals surface area contributed by atoms with Gasteiger partial charge in [0.2, 0.25) is 0 Å². The lowest BCUT2D eigenvalue weighted by Crippen LogP contribution is -2.07. The number of nitrogens with one attached hydrogen (secondary N) is 1. The van der Waals surface area contributed by atoms with Crippen molar-refractivity contribution in [3.63, 3.8) is 0 Å². The van der Waals surface area contributed by atoms with Crippen molar-refractivity contribution < 1.29 is 4.74 Å². The van der Waals surface area contributed by atoms with Gasteiger partial charge in [-0.05, 0) is 24.6 Å². The normalized spacial score (nSPS) is 10.5. The van der Waals surface area contributed by atoms with E-state index in [0.29, 0.717) is 11.6 Å². The summed E-state index contributed by atoms with van der Waals surface area (Å²) in [6, 6.07) is 9.88. The smallest absolute Gasteiger partial charge is 0.142 e. The minimum absolute atomic E-state index is 0.568. The van der Waals surface area contributed by atoms with Gasteiger partial charge in [-0.1, -0.05) is 29.8 Å². The summed E-state index contributed by atoms with van der Waals surface area (Å²) in [4.78, 5) is 1.19. The Morgan fingerprint density at radius 2 is 2.18 bits per heavy atom. The summed E-state index contributed by atoms with van der Waals surface area (Å²) < 4.78 is 5.80. The van der Waals surface area contributed by atoms with E-state index >= 15 is 0 Å². The van der Waals surface area contributed by atoms with Gasteiger partial charge in [0, 0.05) is 17.0 Å². The molecule has 2 nitrogen and oxygen atoms in total. The molecule has 0 spiro atoms. The summed E-state index contributed by atoms with van der Waals surface area (Å²) in [6.07, 6.45) is 0. The predicted octanol–water partition coefficient (Wildman–Crippen LogP) is 3.70. The maximum absolute atomic E-state index is 6.16. The molecule has 0 aliphatic rings. The van der Waals surface area contributed by atoms with E-state index in [-0.39, 0.29) is 0 Å². The molecule has 2 aromatic rings. The Balaban J connectivity index is 2.13. The Morgan fingerprint density at radius 1 is 1.29 bits per heavy atom. The fourth-order valence-corrected chi connectivity index (χ4v) is 2.45. The molecular formula is C13H14ClNOS. The van der Waals surface area contributed by atoms with E-state index in [1.807, 2.05) is 36.7 Å². The first-order chi connectivity index (χ1) is 8.31. The molecule has 0 unspecified atom stereocenters. The molecule has 0 amide bonds. The van der Waals surface area contributed by atoms with Gasteiger partial charge in [-0.15, -0.1) is 11.3 Å². The molecule has 90 valence electrons. The third-order valence-electron chi connectivity index (χ3n) is 2.35. The van der Waals surface area contributed by atoms with Crippen molar-refractivity contribution in [2.45, 2.75) is 13.2 Å². The highest BCUT2D eigenvalue weighted by molar-refractivity contribution is 7.09. The maximum Gasteiger partial charge on any atom is 0.142 e. The summed E-state index contributed by atoms with van der Waals surface area (Å²) in [6.45, 7) is 1.32. The molecule has 0 aliphatic carbocycles. The minimum Gasteiger partial charge on any atom is -0.486 e. The van der Waals surface area contributed by atoms with Crippen LogP contribution in [-0.4, -0.2) is 7.05 Å². The van der Waals surface area contributed by atoms with Crippen LogP contribution in [0.25, 0.3) is 0 Å². The lowest BCUT2D eigenvalue weighted by atomic mass is 10.2. The van der Waals surface area contributed by atoms with Gasteiger partial charge in [0.25, 0.3) is 0 Å². The molecule has 0 aliphatic heterocycles. The van der Waals surface area contributed by atoms with E-state index in [2.05, 4.69) is 11.4 Å². The van der Waals surface area contributed by atoms with Gasteiger partial charge in [-0.2, -0.15) is 0 Å². The number of benzene rings is 1. The standard InChI is InChI=1S/C13H14ClNOS/c1-15-8-10-4-2-6-12(14)13(10)16-9-11-5-3-7-17-11/h2-7,15H,8-9H2,1H3. The number of ether oxygens (including phenoxy) is 1. The van der Waals surface area contributed by atoms with Crippen molar-refractivity contribution in [3.05, 3.63) is 51.2 Å². The van der Waals surface area contributed by atoms with Crippen LogP contribution in [0.5, 0.6) is 5.75 Å². The quantitative estimate of drug-likeness (QED) is 0.892. The lowest BCUT2D eigenvalue weighted by Gasteiger charge is -2.12. The molecule has 4 heteroatoms. The largest absolute Gasteiger partial charge is 0.486 e. The van der Waals surface area contributed by atoms with Crippen LogP contribution in [0.1, 0.15) is 10.4 Å². The fourth-order valence-electron chi connectivity index (χ4n) is 1.58. The highest BCUT2D eigenvalue weighted by atomic mass is 35.5. The van der Waals surface area contributed by atoms with Gasteiger partial charge in [-0.25, -0.2) is 0 Å². The molecule has 1 aromatic heterocycles. The summed E-state index contributed by atoms with van der Waals surface area (Å²) >= 11 is 7.84. The third-order valence-corrected chi connectivity index (χ3v) is 3.50. The zero-order valence-electron chi connectivity index (χ0n) is 9.57. The van der Waals surface area contributed by atoms with E-state index < -0.39 is 0 Å². The Bertz CT molecular complexity index is 470. The van der Waals surface area contributed by atoms with Crippen LogP contribution in [0.15, 0.2) is 35.7 Å². The maximum atomic E-state index is 6.16. The molecule has 0 bridgehead atoms. The van der Waals surface area contributed by atoms with Crippen LogP contribution < -0.4 is 10.1 Å². The second-order valence-corrected chi connectivity index (χ2v) is 5.07. The van der Waals surface area contributed by atoms with E-state index in [4.69, 9.17) is 16.3 Å². The number of rotatable bonds is 5. The Hall–Kier alpha value is -1.03. The molecule has 0 atom stereocenters. The Morgan fingerprint density at radius 3 is 2.88 bits per heavy atom. The second kappa shape index (κ2) is 6.05. The Labute approximate surface area is 110 Å². The van der Waals surface area contributed by atoms with Gasteiger partial charge in [0.05, 0.1) is 5.02 Å². The van der Waals surface area contributed by atoms with Crippen LogP contribution in [0.2, 0.25) is 5.02 Å². The first kappa shape index (κ1) is 12.4. The number of thiophene rings is 1. The number of hydrogen-bond acceptors (Lipinski definition) is 3. The molecule has 0 saturated carbocycles. The van der Waals surface area contributed by atoms with Crippen LogP contribution in [-0.2, 0) is 13.2 Å². The number of para-hydroxylation sites is 1. The van der Waals surface area contributed by atoms with E-state index in [0.717, 1.165) is 17.9 Å². The van der Waals surface area contributed by atoms with E-state index in [1.54, 1.807) is 11.3 Å². The minimum atomic E-state index is 0.568. The van der Waals surface area contributed by atoms with E-state index in [9.17, 15) is 0 Å².